The number of rotatable bonds is 10. The fourth-order valence-corrected chi connectivity index (χ4v) is 1.87. The predicted octanol–water partition coefficient (Wildman–Crippen LogP) is 3.47. The molecule has 0 aliphatic rings. The van der Waals surface area contributed by atoms with Crippen LogP contribution in [0.4, 0.5) is 0 Å². The summed E-state index contributed by atoms with van der Waals surface area (Å²) in [6.45, 7) is 7.73. The van der Waals surface area contributed by atoms with E-state index in [1.165, 1.54) is 0 Å². The van der Waals surface area contributed by atoms with Gasteiger partial charge in [-0.1, -0.05) is 32.4 Å². The normalized spacial score (nSPS) is 12.0. The molecule has 0 fully saturated rings. The van der Waals surface area contributed by atoms with Gasteiger partial charge in [0.25, 0.3) is 0 Å². The molecule has 1 N–H and O–H groups in total. The van der Waals surface area contributed by atoms with Crippen molar-refractivity contribution in [1.82, 2.24) is 5.32 Å². The van der Waals surface area contributed by atoms with E-state index in [9.17, 15) is 4.79 Å². The maximum atomic E-state index is 11.5. The lowest BCUT2D eigenvalue weighted by Crippen LogP contribution is -2.19. The highest BCUT2D eigenvalue weighted by Gasteiger charge is 2.07. The standard InChI is InChI=1S/C17H27NO3/c1-4-6-11-20-17(19)13-21-16-9-7-8-15(12-16)14(3)18-10-5-2/h7-9,12,14,18H,4-6,10-11,13H2,1-3H3. The molecule has 1 atom stereocenters. The van der Waals surface area contributed by atoms with Crippen LogP contribution in [-0.2, 0) is 9.53 Å². The molecule has 0 aliphatic heterocycles. The highest BCUT2D eigenvalue weighted by molar-refractivity contribution is 5.71. The smallest absolute Gasteiger partial charge is 0.344 e. The van der Waals surface area contributed by atoms with Gasteiger partial charge in [-0.3, -0.25) is 0 Å². The summed E-state index contributed by atoms with van der Waals surface area (Å²) in [7, 11) is 0. The van der Waals surface area contributed by atoms with Crippen LogP contribution in [-0.4, -0.2) is 25.7 Å². The summed E-state index contributed by atoms with van der Waals surface area (Å²) in [6, 6.07) is 8.09. The molecule has 4 nitrogen and oxygen atoms in total. The van der Waals surface area contributed by atoms with E-state index in [1.54, 1.807) is 0 Å². The Bertz CT molecular complexity index is 420. The molecule has 1 unspecified atom stereocenters. The first kappa shape index (κ1) is 17.5. The summed E-state index contributed by atoms with van der Waals surface area (Å²) < 4.78 is 10.6. The Balaban J connectivity index is 2.43. The van der Waals surface area contributed by atoms with E-state index in [0.717, 1.165) is 31.4 Å². The van der Waals surface area contributed by atoms with Crippen LogP contribution in [0.25, 0.3) is 0 Å². The third-order valence-corrected chi connectivity index (χ3v) is 3.18. The predicted molar refractivity (Wildman–Crippen MR) is 84.5 cm³/mol. The van der Waals surface area contributed by atoms with Crippen LogP contribution in [0.15, 0.2) is 24.3 Å². The lowest BCUT2D eigenvalue weighted by atomic mass is 10.1. The molecule has 0 bridgehead atoms. The van der Waals surface area contributed by atoms with Crippen LogP contribution >= 0.6 is 0 Å². The molecule has 0 aliphatic carbocycles. The van der Waals surface area contributed by atoms with E-state index in [4.69, 9.17) is 9.47 Å². The topological polar surface area (TPSA) is 47.6 Å². The summed E-state index contributed by atoms with van der Waals surface area (Å²) in [4.78, 5) is 11.5. The van der Waals surface area contributed by atoms with Gasteiger partial charge in [0.1, 0.15) is 5.75 Å². The molecule has 0 saturated carbocycles. The molecule has 0 aromatic heterocycles. The van der Waals surface area contributed by atoms with Gasteiger partial charge in [0.05, 0.1) is 6.61 Å². The number of carbonyl (C=O) groups is 1. The van der Waals surface area contributed by atoms with Crippen molar-refractivity contribution in [2.75, 3.05) is 19.8 Å². The molecule has 118 valence electrons. The van der Waals surface area contributed by atoms with E-state index in [-0.39, 0.29) is 18.6 Å². The average Bonchev–Trinajstić information content (AvgIpc) is 2.51. The number of carbonyl (C=O) groups excluding carboxylic acids is 1. The third-order valence-electron chi connectivity index (χ3n) is 3.18. The second-order valence-electron chi connectivity index (χ2n) is 5.11. The van der Waals surface area contributed by atoms with Crippen LogP contribution in [0.5, 0.6) is 5.75 Å². The quantitative estimate of drug-likeness (QED) is 0.530. The number of esters is 1. The highest BCUT2D eigenvalue weighted by Crippen LogP contribution is 2.19. The Morgan fingerprint density at radius 2 is 2.10 bits per heavy atom. The molecular formula is C17H27NO3. The molecule has 0 heterocycles. The van der Waals surface area contributed by atoms with Gasteiger partial charge in [0, 0.05) is 6.04 Å². The van der Waals surface area contributed by atoms with Crippen molar-refractivity contribution in [3.05, 3.63) is 29.8 Å². The Morgan fingerprint density at radius 1 is 1.29 bits per heavy atom. The molecule has 0 saturated heterocycles. The van der Waals surface area contributed by atoms with Gasteiger partial charge in [-0.05, 0) is 44.0 Å². The summed E-state index contributed by atoms with van der Waals surface area (Å²) in [6.07, 6.45) is 3.00. The van der Waals surface area contributed by atoms with Gasteiger partial charge in [-0.25, -0.2) is 4.79 Å². The zero-order chi connectivity index (χ0) is 15.5. The van der Waals surface area contributed by atoms with Crippen molar-refractivity contribution in [3.8, 4) is 5.75 Å². The van der Waals surface area contributed by atoms with Crippen molar-refractivity contribution in [2.24, 2.45) is 0 Å². The van der Waals surface area contributed by atoms with E-state index in [1.807, 2.05) is 18.2 Å². The van der Waals surface area contributed by atoms with Crippen LogP contribution in [0.1, 0.15) is 51.6 Å². The Hall–Kier alpha value is -1.55. The molecule has 4 heteroatoms. The molecule has 1 aromatic rings. The molecule has 21 heavy (non-hydrogen) atoms. The van der Waals surface area contributed by atoms with E-state index < -0.39 is 0 Å². The highest BCUT2D eigenvalue weighted by atomic mass is 16.6. The SMILES string of the molecule is CCCCOC(=O)COc1cccc(C(C)NCCC)c1. The monoisotopic (exact) mass is 293 g/mol. The van der Waals surface area contributed by atoms with E-state index in [0.29, 0.717) is 12.4 Å². The Morgan fingerprint density at radius 3 is 2.81 bits per heavy atom. The summed E-state index contributed by atoms with van der Waals surface area (Å²) >= 11 is 0. The fourth-order valence-electron chi connectivity index (χ4n) is 1.87. The fraction of sp³-hybridized carbons (Fsp3) is 0.588. The Kier molecular flexibility index (Phi) is 8.51. The maximum absolute atomic E-state index is 11.5. The van der Waals surface area contributed by atoms with Crippen molar-refractivity contribution < 1.29 is 14.3 Å². The van der Waals surface area contributed by atoms with Crippen LogP contribution in [0.3, 0.4) is 0 Å². The van der Waals surface area contributed by atoms with E-state index in [2.05, 4.69) is 32.2 Å². The average molecular weight is 293 g/mol. The van der Waals surface area contributed by atoms with Crippen molar-refractivity contribution in [1.29, 1.82) is 0 Å². The summed E-state index contributed by atoms with van der Waals surface area (Å²) in [5, 5.41) is 3.43. The zero-order valence-corrected chi connectivity index (χ0v) is 13.4. The largest absolute Gasteiger partial charge is 0.482 e. The lowest BCUT2D eigenvalue weighted by molar-refractivity contribution is -0.146. The first-order valence-electron chi connectivity index (χ1n) is 7.79. The summed E-state index contributed by atoms with van der Waals surface area (Å²) in [5.74, 6) is 0.385. The molecule has 0 radical (unpaired) electrons. The number of hydrogen-bond donors (Lipinski definition) is 1. The minimum Gasteiger partial charge on any atom is -0.482 e. The first-order chi connectivity index (χ1) is 10.2. The van der Waals surface area contributed by atoms with Crippen LogP contribution < -0.4 is 10.1 Å². The van der Waals surface area contributed by atoms with Gasteiger partial charge in [-0.2, -0.15) is 0 Å². The molecule has 1 aromatic carbocycles. The molecule has 0 spiro atoms. The van der Waals surface area contributed by atoms with Crippen molar-refractivity contribution in [2.45, 2.75) is 46.1 Å². The van der Waals surface area contributed by atoms with Gasteiger partial charge >= 0.3 is 5.97 Å². The third kappa shape index (κ3) is 7.14. The number of unbranched alkanes of at least 4 members (excludes halogenated alkanes) is 1. The summed E-state index contributed by atoms with van der Waals surface area (Å²) in [5.41, 5.74) is 1.15. The maximum Gasteiger partial charge on any atom is 0.344 e. The van der Waals surface area contributed by atoms with Gasteiger partial charge in [0.15, 0.2) is 6.61 Å². The molecule has 0 amide bonds. The Labute approximate surface area is 127 Å². The van der Waals surface area contributed by atoms with Crippen LogP contribution in [0, 0.1) is 0 Å². The minimum atomic E-state index is -0.314. The van der Waals surface area contributed by atoms with E-state index >= 15 is 0 Å². The zero-order valence-electron chi connectivity index (χ0n) is 13.4. The van der Waals surface area contributed by atoms with Gasteiger partial charge in [0.2, 0.25) is 0 Å². The first-order valence-corrected chi connectivity index (χ1v) is 7.79. The van der Waals surface area contributed by atoms with Crippen LogP contribution in [0.2, 0.25) is 0 Å². The van der Waals surface area contributed by atoms with Crippen molar-refractivity contribution in [3.63, 3.8) is 0 Å². The second-order valence-corrected chi connectivity index (χ2v) is 5.11. The number of nitrogens with one attached hydrogen (secondary N) is 1. The van der Waals surface area contributed by atoms with Gasteiger partial charge < -0.3 is 14.8 Å². The second kappa shape index (κ2) is 10.2. The number of hydrogen-bond acceptors (Lipinski definition) is 4. The number of benzene rings is 1. The lowest BCUT2D eigenvalue weighted by Gasteiger charge is -2.15. The molecular weight excluding hydrogens is 266 g/mol. The number of ether oxygens (including phenoxy) is 2. The minimum absolute atomic E-state index is 0.0378. The van der Waals surface area contributed by atoms with Crippen molar-refractivity contribution >= 4 is 5.97 Å². The van der Waals surface area contributed by atoms with Gasteiger partial charge in [-0.15, -0.1) is 0 Å². The molecule has 1 rings (SSSR count).